The van der Waals surface area contributed by atoms with Gasteiger partial charge in [-0.05, 0) is 72.6 Å². The molecule has 1 unspecified atom stereocenters. The van der Waals surface area contributed by atoms with E-state index in [1.165, 1.54) is 37.1 Å². The number of amides is 1. The van der Waals surface area contributed by atoms with E-state index in [4.69, 9.17) is 0 Å². The molecule has 34 heavy (non-hydrogen) atoms. The number of hydrogen-bond donors (Lipinski definition) is 1. The average molecular weight is 527 g/mol. The number of halogens is 2. The van der Waals surface area contributed by atoms with Crippen LogP contribution in [0.3, 0.4) is 0 Å². The van der Waals surface area contributed by atoms with Crippen molar-refractivity contribution < 1.29 is 14.3 Å². The second-order valence-corrected chi connectivity index (χ2v) is 11.8. The SMILES string of the molecule is CC1(C)CC2C[C@@](C)(CN2Cn2c(O)c(N=NC(=O)c3ccc(F)cc3)c3cc(Br)ccc32)C1. The molecule has 2 fully saturated rings. The number of benzene rings is 2. The fourth-order valence-corrected chi connectivity index (χ4v) is 6.57. The Hall–Kier alpha value is -2.58. The first kappa shape index (κ1) is 23.2. The Morgan fingerprint density at radius 3 is 2.65 bits per heavy atom. The van der Waals surface area contributed by atoms with Crippen LogP contribution in [0.25, 0.3) is 10.9 Å². The maximum atomic E-state index is 13.2. The molecule has 1 saturated heterocycles. The van der Waals surface area contributed by atoms with Crippen LogP contribution in [0.15, 0.2) is 57.2 Å². The first-order valence-electron chi connectivity index (χ1n) is 11.5. The Morgan fingerprint density at radius 2 is 1.91 bits per heavy atom. The molecule has 6 nitrogen and oxygen atoms in total. The molecular weight excluding hydrogens is 499 g/mol. The minimum Gasteiger partial charge on any atom is -0.493 e. The van der Waals surface area contributed by atoms with E-state index < -0.39 is 11.7 Å². The summed E-state index contributed by atoms with van der Waals surface area (Å²) in [5.41, 5.74) is 1.89. The Balaban J connectivity index is 1.49. The predicted molar refractivity (Wildman–Crippen MR) is 133 cm³/mol. The minimum absolute atomic E-state index is 0.0189. The molecule has 5 rings (SSSR count). The third-order valence-electron chi connectivity index (χ3n) is 7.15. The first-order valence-corrected chi connectivity index (χ1v) is 12.3. The van der Waals surface area contributed by atoms with E-state index in [1.54, 1.807) is 0 Å². The summed E-state index contributed by atoms with van der Waals surface area (Å²) < 4.78 is 15.9. The van der Waals surface area contributed by atoms with Crippen molar-refractivity contribution in [3.63, 3.8) is 0 Å². The zero-order chi connectivity index (χ0) is 24.3. The summed E-state index contributed by atoms with van der Waals surface area (Å²) in [6.45, 7) is 8.58. The molecule has 2 bridgehead atoms. The largest absolute Gasteiger partial charge is 0.493 e. The van der Waals surface area contributed by atoms with Gasteiger partial charge in [-0.1, -0.05) is 36.7 Å². The van der Waals surface area contributed by atoms with Crippen LogP contribution in [0, 0.1) is 16.6 Å². The highest BCUT2D eigenvalue weighted by molar-refractivity contribution is 9.10. The van der Waals surface area contributed by atoms with Crippen molar-refractivity contribution in [1.82, 2.24) is 9.47 Å². The van der Waals surface area contributed by atoms with Gasteiger partial charge in [0.2, 0.25) is 5.88 Å². The normalized spacial score (nSPS) is 24.3. The predicted octanol–water partition coefficient (Wildman–Crippen LogP) is 7.03. The Labute approximate surface area is 206 Å². The maximum Gasteiger partial charge on any atom is 0.295 e. The minimum atomic E-state index is -0.598. The lowest BCUT2D eigenvalue weighted by Crippen LogP contribution is -2.35. The second kappa shape index (κ2) is 8.27. The van der Waals surface area contributed by atoms with Crippen molar-refractivity contribution in [2.75, 3.05) is 6.54 Å². The summed E-state index contributed by atoms with van der Waals surface area (Å²) in [5, 5.41) is 19.9. The highest BCUT2D eigenvalue weighted by atomic mass is 79.9. The first-order chi connectivity index (χ1) is 16.0. The zero-order valence-corrected chi connectivity index (χ0v) is 21.1. The van der Waals surface area contributed by atoms with E-state index in [9.17, 15) is 14.3 Å². The third-order valence-corrected chi connectivity index (χ3v) is 7.64. The van der Waals surface area contributed by atoms with Gasteiger partial charge in [-0.2, -0.15) is 0 Å². The van der Waals surface area contributed by atoms with Crippen molar-refractivity contribution in [3.8, 4) is 5.88 Å². The van der Waals surface area contributed by atoms with Crippen molar-refractivity contribution in [3.05, 3.63) is 58.3 Å². The Kier molecular flexibility index (Phi) is 5.64. The van der Waals surface area contributed by atoms with Crippen LogP contribution >= 0.6 is 15.9 Å². The summed E-state index contributed by atoms with van der Waals surface area (Å²) in [4.78, 5) is 14.9. The molecule has 1 aliphatic heterocycles. The van der Waals surface area contributed by atoms with E-state index in [-0.39, 0.29) is 22.5 Å². The molecule has 2 aromatic carbocycles. The molecule has 1 saturated carbocycles. The highest BCUT2D eigenvalue weighted by Crippen LogP contribution is 2.53. The van der Waals surface area contributed by atoms with Gasteiger partial charge in [0, 0.05) is 28.0 Å². The topological polar surface area (TPSA) is 70.2 Å². The molecule has 1 aliphatic carbocycles. The molecule has 1 amide bonds. The fraction of sp³-hybridized carbons (Fsp3) is 0.423. The second-order valence-electron chi connectivity index (χ2n) is 10.9. The summed E-state index contributed by atoms with van der Waals surface area (Å²) in [6, 6.07) is 11.3. The van der Waals surface area contributed by atoms with Gasteiger partial charge in [0.05, 0.1) is 12.2 Å². The lowest BCUT2D eigenvalue weighted by molar-refractivity contribution is 0.0995. The molecule has 2 atom stereocenters. The van der Waals surface area contributed by atoms with E-state index in [2.05, 4.69) is 51.8 Å². The van der Waals surface area contributed by atoms with Gasteiger partial charge in [-0.3, -0.25) is 14.3 Å². The number of aromatic hydroxyl groups is 1. The van der Waals surface area contributed by atoms with Crippen LogP contribution in [-0.4, -0.2) is 33.1 Å². The molecule has 2 aliphatic rings. The number of azo groups is 1. The number of nitrogens with zero attached hydrogens (tertiary/aromatic N) is 4. The van der Waals surface area contributed by atoms with Crippen LogP contribution in [0.1, 0.15) is 50.4 Å². The monoisotopic (exact) mass is 526 g/mol. The zero-order valence-electron chi connectivity index (χ0n) is 19.6. The van der Waals surface area contributed by atoms with Gasteiger partial charge in [-0.15, -0.1) is 10.2 Å². The number of carbonyl (C=O) groups is 1. The van der Waals surface area contributed by atoms with E-state index in [1.807, 2.05) is 22.8 Å². The molecule has 0 radical (unpaired) electrons. The van der Waals surface area contributed by atoms with Gasteiger partial charge in [-0.25, -0.2) is 4.39 Å². The van der Waals surface area contributed by atoms with Gasteiger partial charge in [0.1, 0.15) is 5.82 Å². The van der Waals surface area contributed by atoms with Crippen molar-refractivity contribution in [2.24, 2.45) is 21.1 Å². The average Bonchev–Trinajstić information content (AvgIpc) is 3.15. The third kappa shape index (κ3) is 4.29. The highest BCUT2D eigenvalue weighted by Gasteiger charge is 2.49. The summed E-state index contributed by atoms with van der Waals surface area (Å²) in [5.74, 6) is -1.05. The number of aromatic nitrogens is 1. The molecular formula is C26H28BrFN4O2. The van der Waals surface area contributed by atoms with Crippen LogP contribution in [0.4, 0.5) is 10.1 Å². The molecule has 1 N–H and O–H groups in total. The molecule has 178 valence electrons. The van der Waals surface area contributed by atoms with Crippen molar-refractivity contribution >= 4 is 38.4 Å². The molecule has 8 heteroatoms. The van der Waals surface area contributed by atoms with Crippen LogP contribution in [0.2, 0.25) is 0 Å². The lowest BCUT2D eigenvalue weighted by Gasteiger charge is -2.40. The van der Waals surface area contributed by atoms with Crippen LogP contribution < -0.4 is 0 Å². The molecule has 1 aromatic heterocycles. The Bertz CT molecular complexity index is 1300. The van der Waals surface area contributed by atoms with Crippen molar-refractivity contribution in [2.45, 2.75) is 52.7 Å². The molecule has 2 heterocycles. The number of carbonyl (C=O) groups excluding carboxylic acids is 1. The van der Waals surface area contributed by atoms with Gasteiger partial charge in [0.25, 0.3) is 5.91 Å². The number of likely N-dealkylation sites (tertiary alicyclic amines) is 1. The smallest absolute Gasteiger partial charge is 0.295 e. The standard InChI is InChI=1S/C26H28BrFN4O2/c1-25(2)11-19-12-26(3,13-25)14-31(19)15-32-21-9-6-17(27)10-20(21)22(24(32)34)29-30-23(33)16-4-7-18(28)8-5-16/h4-10,19,34H,11-15H2,1-3H3/t19?,26-/m1/s1. The van der Waals surface area contributed by atoms with Gasteiger partial charge < -0.3 is 5.11 Å². The van der Waals surface area contributed by atoms with E-state index >= 15 is 0 Å². The fourth-order valence-electron chi connectivity index (χ4n) is 6.21. The maximum absolute atomic E-state index is 13.2. The number of hydrogen-bond acceptors (Lipinski definition) is 4. The van der Waals surface area contributed by atoms with E-state index in [0.29, 0.717) is 23.5 Å². The summed E-state index contributed by atoms with van der Waals surface area (Å²) >= 11 is 3.49. The van der Waals surface area contributed by atoms with Crippen molar-refractivity contribution in [1.29, 1.82) is 0 Å². The quantitative estimate of drug-likeness (QED) is 0.371. The van der Waals surface area contributed by atoms with Gasteiger partial charge >= 0.3 is 0 Å². The van der Waals surface area contributed by atoms with E-state index in [0.717, 1.165) is 23.0 Å². The summed E-state index contributed by atoms with van der Waals surface area (Å²) in [7, 11) is 0. The lowest BCUT2D eigenvalue weighted by atomic mass is 9.65. The van der Waals surface area contributed by atoms with Crippen LogP contribution in [0.5, 0.6) is 5.88 Å². The molecule has 3 aromatic rings. The number of fused-ring (bicyclic) bond motifs is 3. The van der Waals surface area contributed by atoms with Crippen LogP contribution in [-0.2, 0) is 6.67 Å². The molecule has 0 spiro atoms. The Morgan fingerprint density at radius 1 is 1.18 bits per heavy atom. The van der Waals surface area contributed by atoms with Gasteiger partial charge in [0.15, 0.2) is 5.69 Å². The summed E-state index contributed by atoms with van der Waals surface area (Å²) in [6.07, 6.45) is 3.50. The number of rotatable bonds is 4.